The van der Waals surface area contributed by atoms with Crippen molar-refractivity contribution in [2.45, 2.75) is 31.8 Å². The molecular formula is C14H21NO3. The van der Waals surface area contributed by atoms with Gasteiger partial charge in [0, 0.05) is 23.7 Å². The van der Waals surface area contributed by atoms with E-state index in [0.717, 1.165) is 23.6 Å². The van der Waals surface area contributed by atoms with Gasteiger partial charge in [0.25, 0.3) is 0 Å². The number of hydrogen-bond acceptors (Lipinski definition) is 4. The van der Waals surface area contributed by atoms with E-state index in [0.29, 0.717) is 11.3 Å². The predicted octanol–water partition coefficient (Wildman–Crippen LogP) is 2.35. The first-order chi connectivity index (χ1) is 8.61. The van der Waals surface area contributed by atoms with Crippen LogP contribution in [0.4, 0.5) is 0 Å². The summed E-state index contributed by atoms with van der Waals surface area (Å²) in [7, 11) is 4.94. The lowest BCUT2D eigenvalue weighted by atomic mass is 10.1. The molecule has 1 aromatic rings. The molecule has 18 heavy (non-hydrogen) atoms. The highest BCUT2D eigenvalue weighted by Gasteiger charge is 2.36. The van der Waals surface area contributed by atoms with E-state index >= 15 is 0 Å². The lowest BCUT2D eigenvalue weighted by Gasteiger charge is -2.16. The van der Waals surface area contributed by atoms with E-state index < -0.39 is 0 Å². The van der Waals surface area contributed by atoms with Crippen molar-refractivity contribution in [3.8, 4) is 17.2 Å². The van der Waals surface area contributed by atoms with Crippen molar-refractivity contribution >= 4 is 0 Å². The number of methoxy groups -OCH3 is 3. The molecular weight excluding hydrogens is 230 g/mol. The summed E-state index contributed by atoms with van der Waals surface area (Å²) in [4.78, 5) is 0. The second-order valence-corrected chi connectivity index (χ2v) is 4.93. The molecule has 0 heterocycles. The first kappa shape index (κ1) is 13.0. The van der Waals surface area contributed by atoms with Gasteiger partial charge in [0.15, 0.2) is 11.5 Å². The van der Waals surface area contributed by atoms with Crippen molar-refractivity contribution < 1.29 is 14.2 Å². The molecule has 0 spiro atoms. The summed E-state index contributed by atoms with van der Waals surface area (Å²) < 4.78 is 16.0. The van der Waals surface area contributed by atoms with Crippen LogP contribution >= 0.6 is 0 Å². The summed E-state index contributed by atoms with van der Waals surface area (Å²) in [6.45, 7) is 3.01. The Morgan fingerprint density at radius 2 is 1.56 bits per heavy atom. The van der Waals surface area contributed by atoms with E-state index in [1.807, 2.05) is 12.1 Å². The molecule has 0 amide bonds. The number of rotatable bonds is 6. The van der Waals surface area contributed by atoms with Crippen LogP contribution < -0.4 is 19.5 Å². The highest BCUT2D eigenvalue weighted by atomic mass is 16.5. The Labute approximate surface area is 108 Å². The summed E-state index contributed by atoms with van der Waals surface area (Å²) in [5, 5.41) is 3.54. The molecule has 4 nitrogen and oxygen atoms in total. The minimum absolute atomic E-state index is 0.304. The molecule has 4 heteroatoms. The maximum absolute atomic E-state index is 5.40. The Kier molecular flexibility index (Phi) is 3.66. The molecule has 1 saturated carbocycles. The first-order valence-corrected chi connectivity index (χ1v) is 6.16. The Hall–Kier alpha value is -1.42. The molecule has 1 aliphatic carbocycles. The average molecular weight is 251 g/mol. The topological polar surface area (TPSA) is 39.7 Å². The fourth-order valence-corrected chi connectivity index (χ4v) is 1.90. The summed E-state index contributed by atoms with van der Waals surface area (Å²) in [5.41, 5.74) is 1.39. The highest BCUT2D eigenvalue weighted by Crippen LogP contribution is 2.37. The third-order valence-electron chi connectivity index (χ3n) is 3.49. The average Bonchev–Trinajstić information content (AvgIpc) is 3.13. The van der Waals surface area contributed by atoms with Gasteiger partial charge in [0.2, 0.25) is 0 Å². The van der Waals surface area contributed by atoms with E-state index in [-0.39, 0.29) is 0 Å². The van der Waals surface area contributed by atoms with Crippen molar-refractivity contribution in [1.82, 2.24) is 5.32 Å². The quantitative estimate of drug-likeness (QED) is 0.842. The van der Waals surface area contributed by atoms with Gasteiger partial charge in [-0.25, -0.2) is 0 Å². The molecule has 1 aliphatic rings. The molecule has 0 bridgehead atoms. The van der Waals surface area contributed by atoms with Gasteiger partial charge in [0.1, 0.15) is 5.75 Å². The van der Waals surface area contributed by atoms with E-state index in [9.17, 15) is 0 Å². The van der Waals surface area contributed by atoms with Crippen molar-refractivity contribution in [3.63, 3.8) is 0 Å². The fourth-order valence-electron chi connectivity index (χ4n) is 1.90. The van der Waals surface area contributed by atoms with E-state index in [4.69, 9.17) is 14.2 Å². The normalized spacial score (nSPS) is 16.2. The zero-order valence-electron chi connectivity index (χ0n) is 11.5. The monoisotopic (exact) mass is 251 g/mol. The second-order valence-electron chi connectivity index (χ2n) is 4.93. The molecule has 2 rings (SSSR count). The standard InChI is InChI=1S/C14H21NO3/c1-14(5-6-14)15-9-10-7-12(17-3)13(18-4)8-11(10)16-2/h7-8,15H,5-6,9H2,1-4H3. The van der Waals surface area contributed by atoms with Crippen molar-refractivity contribution in [1.29, 1.82) is 0 Å². The SMILES string of the molecule is COc1cc(OC)c(OC)cc1CNC1(C)CC1. The Balaban J connectivity index is 2.20. The van der Waals surface area contributed by atoms with E-state index in [2.05, 4.69) is 12.2 Å². The Bertz CT molecular complexity index is 427. The molecule has 1 aromatic carbocycles. The van der Waals surface area contributed by atoms with Gasteiger partial charge >= 0.3 is 0 Å². The van der Waals surface area contributed by atoms with Crippen LogP contribution in [0.15, 0.2) is 12.1 Å². The van der Waals surface area contributed by atoms with Crippen molar-refractivity contribution in [3.05, 3.63) is 17.7 Å². The largest absolute Gasteiger partial charge is 0.496 e. The van der Waals surface area contributed by atoms with Gasteiger partial charge in [-0.2, -0.15) is 0 Å². The summed E-state index contributed by atoms with van der Waals surface area (Å²) >= 11 is 0. The van der Waals surface area contributed by atoms with Crippen LogP contribution in [0.25, 0.3) is 0 Å². The third-order valence-corrected chi connectivity index (χ3v) is 3.49. The summed E-state index contributed by atoms with van der Waals surface area (Å²) in [6, 6.07) is 3.83. The summed E-state index contributed by atoms with van der Waals surface area (Å²) in [6.07, 6.45) is 2.48. The fraction of sp³-hybridized carbons (Fsp3) is 0.571. The Morgan fingerprint density at radius 1 is 1.00 bits per heavy atom. The van der Waals surface area contributed by atoms with Crippen LogP contribution in [0.2, 0.25) is 0 Å². The van der Waals surface area contributed by atoms with Crippen LogP contribution in [0.5, 0.6) is 17.2 Å². The minimum Gasteiger partial charge on any atom is -0.496 e. The van der Waals surface area contributed by atoms with Crippen molar-refractivity contribution in [2.24, 2.45) is 0 Å². The molecule has 100 valence electrons. The molecule has 0 atom stereocenters. The number of nitrogens with one attached hydrogen (secondary N) is 1. The molecule has 0 radical (unpaired) electrons. The van der Waals surface area contributed by atoms with Crippen LogP contribution in [-0.4, -0.2) is 26.9 Å². The highest BCUT2D eigenvalue weighted by molar-refractivity contribution is 5.50. The molecule has 1 N–H and O–H groups in total. The Morgan fingerprint density at radius 3 is 2.06 bits per heavy atom. The molecule has 1 fully saturated rings. The zero-order valence-corrected chi connectivity index (χ0v) is 11.5. The van der Waals surface area contributed by atoms with Crippen LogP contribution in [0, 0.1) is 0 Å². The molecule has 0 aromatic heterocycles. The lowest BCUT2D eigenvalue weighted by molar-refractivity contribution is 0.346. The van der Waals surface area contributed by atoms with Gasteiger partial charge in [-0.05, 0) is 25.8 Å². The van der Waals surface area contributed by atoms with Crippen molar-refractivity contribution in [2.75, 3.05) is 21.3 Å². The van der Waals surface area contributed by atoms with Crippen LogP contribution in [0.3, 0.4) is 0 Å². The second kappa shape index (κ2) is 5.06. The van der Waals surface area contributed by atoms with Gasteiger partial charge in [-0.15, -0.1) is 0 Å². The van der Waals surface area contributed by atoms with Gasteiger partial charge in [0.05, 0.1) is 21.3 Å². The molecule has 0 unspecified atom stereocenters. The molecule has 0 saturated heterocycles. The maximum Gasteiger partial charge on any atom is 0.164 e. The van der Waals surface area contributed by atoms with Gasteiger partial charge in [-0.1, -0.05) is 0 Å². The minimum atomic E-state index is 0.304. The third kappa shape index (κ3) is 2.70. The number of hydrogen-bond donors (Lipinski definition) is 1. The van der Waals surface area contributed by atoms with Gasteiger partial charge in [-0.3, -0.25) is 0 Å². The summed E-state index contributed by atoms with van der Waals surface area (Å²) in [5.74, 6) is 2.25. The van der Waals surface area contributed by atoms with Crippen LogP contribution in [-0.2, 0) is 6.54 Å². The first-order valence-electron chi connectivity index (χ1n) is 6.16. The maximum atomic E-state index is 5.40. The smallest absolute Gasteiger partial charge is 0.164 e. The lowest BCUT2D eigenvalue weighted by Crippen LogP contribution is -2.27. The number of benzene rings is 1. The van der Waals surface area contributed by atoms with E-state index in [1.54, 1.807) is 21.3 Å². The predicted molar refractivity (Wildman–Crippen MR) is 70.6 cm³/mol. The van der Waals surface area contributed by atoms with Gasteiger partial charge < -0.3 is 19.5 Å². The van der Waals surface area contributed by atoms with Crippen LogP contribution in [0.1, 0.15) is 25.3 Å². The van der Waals surface area contributed by atoms with E-state index in [1.165, 1.54) is 12.8 Å². The number of ether oxygens (including phenoxy) is 3. The zero-order chi connectivity index (χ0) is 13.2. The molecule has 0 aliphatic heterocycles.